The van der Waals surface area contributed by atoms with Crippen LogP contribution >= 0.6 is 15.9 Å². The first-order valence-electron chi connectivity index (χ1n) is 6.29. The maximum atomic E-state index is 5.46. The van der Waals surface area contributed by atoms with Crippen LogP contribution in [0.2, 0.25) is 0 Å². The predicted molar refractivity (Wildman–Crippen MR) is 74.4 cm³/mol. The minimum atomic E-state index is 0.599. The van der Waals surface area contributed by atoms with Crippen LogP contribution in [-0.2, 0) is 4.74 Å². The number of halogens is 1. The van der Waals surface area contributed by atoms with Crippen molar-refractivity contribution in [1.82, 2.24) is 5.32 Å². The lowest BCUT2D eigenvalue weighted by Gasteiger charge is -2.30. The lowest BCUT2D eigenvalue weighted by atomic mass is 9.81. The third-order valence-electron chi connectivity index (χ3n) is 3.54. The highest BCUT2D eigenvalue weighted by atomic mass is 79.9. The smallest absolute Gasteiger partial charge is 0.0468 e. The molecule has 1 aliphatic heterocycles. The first-order valence-corrected chi connectivity index (χ1v) is 7.08. The highest BCUT2D eigenvalue weighted by Gasteiger charge is 2.24. The quantitative estimate of drug-likeness (QED) is 0.922. The second-order valence-electron chi connectivity index (χ2n) is 4.67. The number of benzene rings is 1. The van der Waals surface area contributed by atoms with E-state index in [0.717, 1.165) is 25.7 Å². The van der Waals surface area contributed by atoms with Crippen molar-refractivity contribution in [3.8, 4) is 0 Å². The summed E-state index contributed by atoms with van der Waals surface area (Å²) < 4.78 is 6.63. The van der Waals surface area contributed by atoms with Gasteiger partial charge in [-0.25, -0.2) is 0 Å². The minimum absolute atomic E-state index is 0.599. The molecule has 17 heavy (non-hydrogen) atoms. The summed E-state index contributed by atoms with van der Waals surface area (Å²) in [6.07, 6.45) is 2.36. The van der Waals surface area contributed by atoms with Gasteiger partial charge in [0.1, 0.15) is 0 Å². The molecule has 1 saturated heterocycles. The van der Waals surface area contributed by atoms with E-state index in [2.05, 4.69) is 45.5 Å². The van der Waals surface area contributed by atoms with E-state index in [0.29, 0.717) is 5.92 Å². The van der Waals surface area contributed by atoms with E-state index in [1.807, 2.05) is 7.05 Å². The fraction of sp³-hybridized carbons (Fsp3) is 0.571. The van der Waals surface area contributed by atoms with Crippen LogP contribution in [-0.4, -0.2) is 26.8 Å². The van der Waals surface area contributed by atoms with Gasteiger partial charge in [0.25, 0.3) is 0 Å². The Morgan fingerprint density at radius 1 is 1.41 bits per heavy atom. The molecule has 1 unspecified atom stereocenters. The van der Waals surface area contributed by atoms with Crippen LogP contribution in [0.5, 0.6) is 0 Å². The third-order valence-corrected chi connectivity index (χ3v) is 4.03. The molecule has 0 bridgehead atoms. The summed E-state index contributed by atoms with van der Waals surface area (Å²) in [5.41, 5.74) is 1.43. The van der Waals surface area contributed by atoms with Gasteiger partial charge in [0.2, 0.25) is 0 Å². The van der Waals surface area contributed by atoms with Crippen LogP contribution in [0, 0.1) is 5.92 Å². The molecule has 1 heterocycles. The highest BCUT2D eigenvalue weighted by molar-refractivity contribution is 9.10. The van der Waals surface area contributed by atoms with E-state index in [1.165, 1.54) is 22.9 Å². The zero-order valence-electron chi connectivity index (χ0n) is 10.3. The summed E-state index contributed by atoms with van der Waals surface area (Å²) in [6, 6.07) is 8.70. The molecule has 1 N–H and O–H groups in total. The van der Waals surface area contributed by atoms with Crippen molar-refractivity contribution in [2.45, 2.75) is 18.8 Å². The Kier molecular flexibility index (Phi) is 5.01. The topological polar surface area (TPSA) is 21.3 Å². The molecule has 0 saturated carbocycles. The zero-order valence-corrected chi connectivity index (χ0v) is 11.9. The van der Waals surface area contributed by atoms with Gasteiger partial charge >= 0.3 is 0 Å². The van der Waals surface area contributed by atoms with Gasteiger partial charge in [-0.15, -0.1) is 0 Å². The Balaban J connectivity index is 2.15. The highest BCUT2D eigenvalue weighted by Crippen LogP contribution is 2.32. The molecule has 0 radical (unpaired) electrons. The second-order valence-corrected chi connectivity index (χ2v) is 5.58. The summed E-state index contributed by atoms with van der Waals surface area (Å²) in [4.78, 5) is 0. The normalized spacial score (nSPS) is 19.2. The van der Waals surface area contributed by atoms with Crippen molar-refractivity contribution in [3.63, 3.8) is 0 Å². The van der Waals surface area contributed by atoms with Crippen LogP contribution in [0.15, 0.2) is 28.7 Å². The van der Waals surface area contributed by atoms with Gasteiger partial charge in [-0.2, -0.15) is 0 Å². The molecule has 1 aromatic rings. The maximum absolute atomic E-state index is 5.46. The van der Waals surface area contributed by atoms with Gasteiger partial charge in [-0.05, 0) is 49.4 Å². The summed E-state index contributed by atoms with van der Waals surface area (Å²) in [7, 11) is 2.03. The van der Waals surface area contributed by atoms with Crippen LogP contribution in [0.3, 0.4) is 0 Å². The molecule has 1 fully saturated rings. The van der Waals surface area contributed by atoms with Crippen molar-refractivity contribution >= 4 is 15.9 Å². The molecule has 1 atom stereocenters. The Bertz CT molecular complexity index is 350. The monoisotopic (exact) mass is 297 g/mol. The van der Waals surface area contributed by atoms with E-state index in [9.17, 15) is 0 Å². The number of nitrogens with one attached hydrogen (secondary N) is 1. The van der Waals surface area contributed by atoms with Crippen LogP contribution in [0.25, 0.3) is 0 Å². The number of likely N-dealkylation sites (N-methyl/N-ethyl adjacent to an activating group) is 1. The van der Waals surface area contributed by atoms with Gasteiger partial charge < -0.3 is 10.1 Å². The summed E-state index contributed by atoms with van der Waals surface area (Å²) >= 11 is 3.56. The van der Waals surface area contributed by atoms with Crippen molar-refractivity contribution in [2.75, 3.05) is 26.8 Å². The fourth-order valence-electron chi connectivity index (χ4n) is 2.63. The van der Waals surface area contributed by atoms with E-state index >= 15 is 0 Å². The maximum Gasteiger partial charge on any atom is 0.0468 e. The molecule has 1 aliphatic rings. The average Bonchev–Trinajstić information content (AvgIpc) is 2.37. The lowest BCUT2D eigenvalue weighted by molar-refractivity contribution is 0.0579. The third kappa shape index (κ3) is 3.54. The lowest BCUT2D eigenvalue weighted by Crippen LogP contribution is -2.28. The Morgan fingerprint density at radius 3 is 2.82 bits per heavy atom. The number of ether oxygens (including phenoxy) is 1. The van der Waals surface area contributed by atoms with Gasteiger partial charge in [-0.3, -0.25) is 0 Å². The largest absolute Gasteiger partial charge is 0.381 e. The molecular formula is C14H20BrNO. The molecule has 94 valence electrons. The summed E-state index contributed by atoms with van der Waals surface area (Å²) in [5, 5.41) is 3.33. The molecule has 0 amide bonds. The van der Waals surface area contributed by atoms with E-state index in [1.54, 1.807) is 0 Å². The molecule has 2 rings (SSSR count). The van der Waals surface area contributed by atoms with Crippen molar-refractivity contribution < 1.29 is 4.74 Å². The van der Waals surface area contributed by atoms with E-state index in [4.69, 9.17) is 4.74 Å². The Labute approximate surface area is 112 Å². The van der Waals surface area contributed by atoms with Crippen LogP contribution in [0.4, 0.5) is 0 Å². The predicted octanol–water partition coefficient (Wildman–Crippen LogP) is 3.18. The number of hydrogen-bond donors (Lipinski definition) is 1. The number of hydrogen-bond acceptors (Lipinski definition) is 2. The van der Waals surface area contributed by atoms with Crippen molar-refractivity contribution in [3.05, 3.63) is 34.3 Å². The molecule has 2 nitrogen and oxygen atoms in total. The van der Waals surface area contributed by atoms with Gasteiger partial charge in [0.15, 0.2) is 0 Å². The van der Waals surface area contributed by atoms with Gasteiger partial charge in [0, 0.05) is 24.2 Å². The average molecular weight is 298 g/mol. The second kappa shape index (κ2) is 6.53. The standard InChI is InChI=1S/C14H20BrNO/c1-16-10-14(11-5-7-17-8-6-11)12-3-2-4-13(15)9-12/h2-4,9,11,14,16H,5-8,10H2,1H3. The summed E-state index contributed by atoms with van der Waals surface area (Å²) in [5.74, 6) is 1.34. The van der Waals surface area contributed by atoms with Gasteiger partial charge in [0.05, 0.1) is 0 Å². The summed E-state index contributed by atoms with van der Waals surface area (Å²) in [6.45, 7) is 2.87. The van der Waals surface area contributed by atoms with E-state index < -0.39 is 0 Å². The first kappa shape index (κ1) is 13.1. The van der Waals surface area contributed by atoms with E-state index in [-0.39, 0.29) is 0 Å². The Morgan fingerprint density at radius 2 is 2.18 bits per heavy atom. The molecule has 1 aromatic carbocycles. The van der Waals surface area contributed by atoms with Crippen molar-refractivity contribution in [1.29, 1.82) is 0 Å². The van der Waals surface area contributed by atoms with Crippen molar-refractivity contribution in [2.24, 2.45) is 5.92 Å². The minimum Gasteiger partial charge on any atom is -0.381 e. The fourth-order valence-corrected chi connectivity index (χ4v) is 3.05. The SMILES string of the molecule is CNCC(c1cccc(Br)c1)C1CCOCC1. The molecule has 0 aromatic heterocycles. The molecular weight excluding hydrogens is 278 g/mol. The van der Waals surface area contributed by atoms with Crippen LogP contribution < -0.4 is 5.32 Å². The zero-order chi connectivity index (χ0) is 12.1. The molecule has 0 spiro atoms. The first-order chi connectivity index (χ1) is 8.31. The molecule has 0 aliphatic carbocycles. The van der Waals surface area contributed by atoms with Crippen LogP contribution in [0.1, 0.15) is 24.3 Å². The van der Waals surface area contributed by atoms with Gasteiger partial charge in [-0.1, -0.05) is 28.1 Å². The Hall–Kier alpha value is -0.380. The molecule has 3 heteroatoms. The number of rotatable bonds is 4.